The fourth-order valence-corrected chi connectivity index (χ4v) is 3.76. The minimum absolute atomic E-state index is 0.0466. The first-order valence-corrected chi connectivity index (χ1v) is 9.42. The van der Waals surface area contributed by atoms with Crippen LogP contribution in [0.4, 0.5) is 0 Å². The van der Waals surface area contributed by atoms with Crippen LogP contribution in [0.2, 0.25) is 0 Å². The van der Waals surface area contributed by atoms with Crippen LogP contribution in [-0.4, -0.2) is 35.3 Å². The molecule has 2 fully saturated rings. The minimum Gasteiger partial charge on any atom is -0.352 e. The Morgan fingerprint density at radius 3 is 2.88 bits per heavy atom. The minimum atomic E-state index is 0.0466. The normalized spacial score (nSPS) is 19.9. The number of benzene rings is 1. The fourth-order valence-electron chi connectivity index (χ4n) is 3.76. The summed E-state index contributed by atoms with van der Waals surface area (Å²) in [5.41, 5.74) is 3.35. The van der Waals surface area contributed by atoms with E-state index < -0.39 is 0 Å². The molecule has 1 unspecified atom stereocenters. The summed E-state index contributed by atoms with van der Waals surface area (Å²) in [6.07, 6.45) is 6.47. The number of carbonyl (C=O) groups excluding carboxylic acids is 1. The second-order valence-electron chi connectivity index (χ2n) is 7.14. The summed E-state index contributed by atoms with van der Waals surface area (Å²) >= 11 is 0. The van der Waals surface area contributed by atoms with Crippen LogP contribution in [0, 0.1) is 0 Å². The van der Waals surface area contributed by atoms with E-state index in [2.05, 4.69) is 32.5 Å². The van der Waals surface area contributed by atoms with Gasteiger partial charge in [0.25, 0.3) is 5.91 Å². The monoisotopic (exact) mass is 338 g/mol. The lowest BCUT2D eigenvalue weighted by Gasteiger charge is -2.15. The molecule has 5 nitrogen and oxygen atoms in total. The Balaban J connectivity index is 1.31. The lowest BCUT2D eigenvalue weighted by molar-refractivity contribution is 0.0951. The zero-order chi connectivity index (χ0) is 17.1. The highest BCUT2D eigenvalue weighted by Gasteiger charge is 2.26. The summed E-state index contributed by atoms with van der Waals surface area (Å²) in [6.45, 7) is 3.55. The molecule has 2 N–H and O–H groups in total. The summed E-state index contributed by atoms with van der Waals surface area (Å²) in [6, 6.07) is 10.1. The fraction of sp³-hybridized carbons (Fsp3) is 0.500. The predicted octanol–water partition coefficient (Wildman–Crippen LogP) is 2.66. The van der Waals surface area contributed by atoms with Gasteiger partial charge in [0.2, 0.25) is 0 Å². The van der Waals surface area contributed by atoms with Crippen LogP contribution >= 0.6 is 0 Å². The molecule has 0 spiro atoms. The van der Waals surface area contributed by atoms with Crippen molar-refractivity contribution in [3.8, 4) is 0 Å². The number of hydrogen-bond donors (Lipinski definition) is 2. The molecule has 1 aromatic carbocycles. The van der Waals surface area contributed by atoms with E-state index in [1.807, 2.05) is 24.4 Å². The summed E-state index contributed by atoms with van der Waals surface area (Å²) in [5.74, 6) is 1.21. The van der Waals surface area contributed by atoms with Crippen molar-refractivity contribution < 1.29 is 4.79 Å². The maximum atomic E-state index is 12.6. The van der Waals surface area contributed by atoms with Crippen molar-refractivity contribution >= 4 is 5.91 Å². The molecule has 1 aliphatic heterocycles. The highest BCUT2D eigenvalue weighted by molar-refractivity contribution is 5.95. The van der Waals surface area contributed by atoms with Crippen molar-refractivity contribution in [1.29, 1.82) is 0 Å². The first-order valence-electron chi connectivity index (χ1n) is 9.42. The third kappa shape index (κ3) is 3.76. The molecule has 2 aliphatic rings. The number of amides is 1. The van der Waals surface area contributed by atoms with Crippen molar-refractivity contribution in [2.24, 2.45) is 0 Å². The molecule has 1 saturated carbocycles. The zero-order valence-electron chi connectivity index (χ0n) is 14.6. The Hall–Kier alpha value is -2.14. The third-order valence-corrected chi connectivity index (χ3v) is 5.28. The van der Waals surface area contributed by atoms with E-state index in [-0.39, 0.29) is 5.91 Å². The molecule has 1 aliphatic carbocycles. The van der Waals surface area contributed by atoms with Gasteiger partial charge >= 0.3 is 0 Å². The largest absolute Gasteiger partial charge is 0.352 e. The van der Waals surface area contributed by atoms with Gasteiger partial charge in [0.15, 0.2) is 0 Å². The molecule has 4 rings (SSSR count). The maximum absolute atomic E-state index is 12.6. The summed E-state index contributed by atoms with van der Waals surface area (Å²) in [4.78, 5) is 12.6. The second-order valence-corrected chi connectivity index (χ2v) is 7.14. The van der Waals surface area contributed by atoms with E-state index in [0.717, 1.165) is 38.0 Å². The molecule has 132 valence electrons. The van der Waals surface area contributed by atoms with Gasteiger partial charge in [0.05, 0.1) is 0 Å². The van der Waals surface area contributed by atoms with Gasteiger partial charge in [-0.05, 0) is 55.8 Å². The highest BCUT2D eigenvalue weighted by atomic mass is 16.1. The number of nitrogens with zero attached hydrogens (tertiary/aromatic N) is 2. The van der Waals surface area contributed by atoms with Gasteiger partial charge in [0.1, 0.15) is 0 Å². The molecule has 5 heteroatoms. The van der Waals surface area contributed by atoms with Crippen LogP contribution in [0.25, 0.3) is 0 Å². The quantitative estimate of drug-likeness (QED) is 0.763. The van der Waals surface area contributed by atoms with Crippen LogP contribution in [0.15, 0.2) is 36.5 Å². The lowest BCUT2D eigenvalue weighted by atomic mass is 9.93. The van der Waals surface area contributed by atoms with Gasteiger partial charge < -0.3 is 10.6 Å². The topological polar surface area (TPSA) is 59.0 Å². The van der Waals surface area contributed by atoms with Crippen LogP contribution in [0.5, 0.6) is 0 Å². The first-order chi connectivity index (χ1) is 12.3. The molecule has 0 radical (unpaired) electrons. The Labute approximate surface area is 148 Å². The molecule has 1 atom stereocenters. The molecular formula is C20H26N4O. The molecule has 1 saturated heterocycles. The summed E-state index contributed by atoms with van der Waals surface area (Å²) in [7, 11) is 0. The number of aromatic nitrogens is 2. The Kier molecular flexibility index (Phi) is 4.83. The van der Waals surface area contributed by atoms with Gasteiger partial charge in [-0.15, -0.1) is 0 Å². The smallest absolute Gasteiger partial charge is 0.251 e. The Morgan fingerprint density at radius 2 is 2.08 bits per heavy atom. The molecular weight excluding hydrogens is 312 g/mol. The summed E-state index contributed by atoms with van der Waals surface area (Å²) in [5, 5.41) is 10.9. The SMILES string of the molecule is O=C(NCCCn1nccc1C1CC1)c1ccccc1C1CCNC1. The molecule has 2 heterocycles. The van der Waals surface area contributed by atoms with Crippen molar-refractivity contribution in [2.45, 2.75) is 44.1 Å². The van der Waals surface area contributed by atoms with Crippen LogP contribution in [0.1, 0.15) is 59.1 Å². The second kappa shape index (κ2) is 7.40. The Bertz CT molecular complexity index is 729. The van der Waals surface area contributed by atoms with Gasteiger partial charge in [-0.3, -0.25) is 9.48 Å². The summed E-state index contributed by atoms with van der Waals surface area (Å²) < 4.78 is 2.10. The van der Waals surface area contributed by atoms with E-state index >= 15 is 0 Å². The maximum Gasteiger partial charge on any atom is 0.251 e. The van der Waals surface area contributed by atoms with Crippen molar-refractivity contribution in [3.05, 3.63) is 53.3 Å². The molecule has 1 amide bonds. The molecule has 1 aromatic heterocycles. The van der Waals surface area contributed by atoms with Gasteiger partial charge in [-0.2, -0.15) is 5.10 Å². The molecule has 25 heavy (non-hydrogen) atoms. The number of rotatable bonds is 7. The zero-order valence-corrected chi connectivity index (χ0v) is 14.6. The number of nitrogens with one attached hydrogen (secondary N) is 2. The van der Waals surface area contributed by atoms with Crippen LogP contribution in [-0.2, 0) is 6.54 Å². The van der Waals surface area contributed by atoms with E-state index in [1.54, 1.807) is 0 Å². The van der Waals surface area contributed by atoms with E-state index in [1.165, 1.54) is 24.1 Å². The van der Waals surface area contributed by atoms with Crippen molar-refractivity contribution in [1.82, 2.24) is 20.4 Å². The molecule has 0 bridgehead atoms. The first kappa shape index (κ1) is 16.3. The lowest BCUT2D eigenvalue weighted by Crippen LogP contribution is -2.27. The van der Waals surface area contributed by atoms with E-state index in [0.29, 0.717) is 18.4 Å². The highest BCUT2D eigenvalue weighted by Crippen LogP contribution is 2.39. The number of aryl methyl sites for hydroxylation is 1. The number of hydrogen-bond acceptors (Lipinski definition) is 3. The molecule has 2 aromatic rings. The van der Waals surface area contributed by atoms with Crippen molar-refractivity contribution in [2.75, 3.05) is 19.6 Å². The van der Waals surface area contributed by atoms with Crippen molar-refractivity contribution in [3.63, 3.8) is 0 Å². The van der Waals surface area contributed by atoms with Gasteiger partial charge in [-0.1, -0.05) is 18.2 Å². The van der Waals surface area contributed by atoms with Crippen LogP contribution in [0.3, 0.4) is 0 Å². The Morgan fingerprint density at radius 1 is 1.20 bits per heavy atom. The standard InChI is InChI=1S/C20H26N4O/c25-20(18-5-2-1-4-17(18)16-8-11-21-14-16)22-10-3-13-24-19(9-12-23-24)15-6-7-15/h1-2,4-5,9,12,15-16,21H,3,6-8,10-11,13-14H2,(H,22,25). The third-order valence-electron chi connectivity index (χ3n) is 5.28. The van der Waals surface area contributed by atoms with Crippen LogP contribution < -0.4 is 10.6 Å². The number of carbonyl (C=O) groups is 1. The van der Waals surface area contributed by atoms with E-state index in [9.17, 15) is 4.79 Å². The van der Waals surface area contributed by atoms with Gasteiger partial charge in [-0.25, -0.2) is 0 Å². The average molecular weight is 338 g/mol. The van der Waals surface area contributed by atoms with Gasteiger partial charge in [0, 0.05) is 43.0 Å². The average Bonchev–Trinajstić information content (AvgIpc) is 3.14. The predicted molar refractivity (Wildman–Crippen MR) is 97.8 cm³/mol. The van der Waals surface area contributed by atoms with E-state index in [4.69, 9.17) is 0 Å².